The molecule has 0 saturated heterocycles. The van der Waals surface area contributed by atoms with Crippen LogP contribution in [0.25, 0.3) is 61.0 Å². The van der Waals surface area contributed by atoms with E-state index in [1.807, 2.05) is 18.2 Å². The predicted molar refractivity (Wildman–Crippen MR) is 232 cm³/mol. The van der Waals surface area contributed by atoms with Crippen molar-refractivity contribution in [1.82, 2.24) is 5.32 Å². The summed E-state index contributed by atoms with van der Waals surface area (Å²) >= 11 is 0. The van der Waals surface area contributed by atoms with E-state index in [-0.39, 0.29) is 11.6 Å². The van der Waals surface area contributed by atoms with Crippen LogP contribution in [0.1, 0.15) is 47.8 Å². The van der Waals surface area contributed by atoms with E-state index in [9.17, 15) is 0 Å². The first-order valence-electron chi connectivity index (χ1n) is 19.2. The molecule has 1 aliphatic carbocycles. The van der Waals surface area contributed by atoms with Crippen molar-refractivity contribution in [1.29, 1.82) is 0 Å². The molecular formula is C53H44N2. The molecule has 0 aliphatic heterocycles. The van der Waals surface area contributed by atoms with Crippen LogP contribution in [0.3, 0.4) is 0 Å². The molecule has 0 heterocycles. The van der Waals surface area contributed by atoms with Gasteiger partial charge in [-0.3, -0.25) is 0 Å². The molecule has 1 atom stereocenters. The van der Waals surface area contributed by atoms with Crippen LogP contribution >= 0.6 is 0 Å². The second kappa shape index (κ2) is 14.4. The first-order valence-corrected chi connectivity index (χ1v) is 19.2. The number of allylic oxidation sites excluding steroid dienone is 1. The van der Waals surface area contributed by atoms with Gasteiger partial charge in [0.25, 0.3) is 0 Å². The van der Waals surface area contributed by atoms with E-state index < -0.39 is 0 Å². The van der Waals surface area contributed by atoms with Crippen LogP contribution in [0.4, 0.5) is 0 Å². The van der Waals surface area contributed by atoms with Crippen LogP contribution in [0.5, 0.6) is 0 Å². The lowest BCUT2D eigenvalue weighted by Gasteiger charge is -2.22. The fourth-order valence-electron chi connectivity index (χ4n) is 8.34. The number of rotatable bonds is 9. The van der Waals surface area contributed by atoms with Gasteiger partial charge in [0, 0.05) is 11.1 Å². The Morgan fingerprint density at radius 2 is 1.11 bits per heavy atom. The third-order valence-electron chi connectivity index (χ3n) is 11.3. The van der Waals surface area contributed by atoms with Gasteiger partial charge in [0.05, 0.1) is 0 Å². The molecule has 8 aromatic carbocycles. The molecule has 55 heavy (non-hydrogen) atoms. The Hall–Kier alpha value is -6.48. The standard InChI is InChI=1S/C53H44N2/c1-53(2)48-24-14-23-46(51(48)47-34-42-21-12-13-22-43(42)35-49(47)53)39-26-28-40(29-27-39)50(55-52(54)41-19-10-5-11-20-41)30-25-36-31-44(37-15-6-3-7-16-37)33-45(32-36)38-17-8-4-9-18-38/h3-24,26-35,52,55H,25,54H2,1-2H3/b50-30-. The number of hydrogen-bond donors (Lipinski definition) is 2. The monoisotopic (exact) mass is 708 g/mol. The number of nitrogens with one attached hydrogen (secondary N) is 1. The Morgan fingerprint density at radius 3 is 1.75 bits per heavy atom. The normalized spacial score (nSPS) is 13.6. The fourth-order valence-corrected chi connectivity index (χ4v) is 8.34. The average Bonchev–Trinajstić information content (AvgIpc) is 3.47. The molecule has 0 spiro atoms. The number of hydrogen-bond acceptors (Lipinski definition) is 2. The highest BCUT2D eigenvalue weighted by atomic mass is 15.0. The highest BCUT2D eigenvalue weighted by molar-refractivity contribution is 5.98. The van der Waals surface area contributed by atoms with Gasteiger partial charge in [-0.25, -0.2) is 0 Å². The molecule has 0 radical (unpaired) electrons. The van der Waals surface area contributed by atoms with Crippen molar-refractivity contribution in [3.8, 4) is 44.5 Å². The summed E-state index contributed by atoms with van der Waals surface area (Å²) in [5.41, 5.74) is 23.9. The Bertz CT molecular complexity index is 2600. The van der Waals surface area contributed by atoms with Gasteiger partial charge in [-0.15, -0.1) is 0 Å². The summed E-state index contributed by atoms with van der Waals surface area (Å²) in [4.78, 5) is 0. The number of nitrogens with two attached hydrogens (primary N) is 1. The van der Waals surface area contributed by atoms with Crippen molar-refractivity contribution in [2.45, 2.75) is 31.8 Å². The lowest BCUT2D eigenvalue weighted by molar-refractivity contribution is 0.661. The fraction of sp³-hybridized carbons (Fsp3) is 0.0943. The van der Waals surface area contributed by atoms with Crippen molar-refractivity contribution in [2.75, 3.05) is 0 Å². The van der Waals surface area contributed by atoms with Gasteiger partial charge in [0.15, 0.2) is 0 Å². The summed E-state index contributed by atoms with van der Waals surface area (Å²) < 4.78 is 0. The lowest BCUT2D eigenvalue weighted by Crippen LogP contribution is -2.27. The van der Waals surface area contributed by atoms with Crippen LogP contribution in [-0.2, 0) is 11.8 Å². The highest BCUT2D eigenvalue weighted by Crippen LogP contribution is 2.53. The molecule has 0 saturated carbocycles. The molecule has 2 heteroatoms. The molecule has 0 fully saturated rings. The molecule has 1 aliphatic rings. The third-order valence-corrected chi connectivity index (χ3v) is 11.3. The van der Waals surface area contributed by atoms with E-state index in [0.29, 0.717) is 0 Å². The zero-order chi connectivity index (χ0) is 37.4. The van der Waals surface area contributed by atoms with Gasteiger partial charge in [-0.05, 0) is 108 Å². The van der Waals surface area contributed by atoms with E-state index in [1.165, 1.54) is 72.0 Å². The SMILES string of the molecule is CC1(C)c2cc3ccccc3cc2-c2c(-c3ccc(/C(=C/Cc4cc(-c5ccccc5)cc(-c5ccccc5)c4)NC(N)c4ccccc4)cc3)cccc21. The van der Waals surface area contributed by atoms with Crippen LogP contribution in [0.2, 0.25) is 0 Å². The smallest absolute Gasteiger partial charge is 0.101 e. The topological polar surface area (TPSA) is 38.0 Å². The van der Waals surface area contributed by atoms with Crippen molar-refractivity contribution < 1.29 is 0 Å². The molecule has 2 nitrogen and oxygen atoms in total. The second-order valence-electron chi connectivity index (χ2n) is 15.2. The Morgan fingerprint density at radius 1 is 0.527 bits per heavy atom. The Balaban J connectivity index is 1.10. The number of fused-ring (bicyclic) bond motifs is 4. The number of benzene rings is 8. The summed E-state index contributed by atoms with van der Waals surface area (Å²) in [6, 6.07) is 67.8. The average molecular weight is 709 g/mol. The first-order chi connectivity index (χ1) is 26.9. The van der Waals surface area contributed by atoms with Gasteiger partial charge in [0.1, 0.15) is 6.17 Å². The van der Waals surface area contributed by atoms with E-state index in [0.717, 1.165) is 23.2 Å². The Kier molecular flexibility index (Phi) is 8.98. The van der Waals surface area contributed by atoms with Crippen molar-refractivity contribution in [2.24, 2.45) is 5.73 Å². The zero-order valence-electron chi connectivity index (χ0n) is 31.3. The Labute approximate surface area is 324 Å². The molecule has 3 N–H and O–H groups in total. The van der Waals surface area contributed by atoms with E-state index in [1.54, 1.807) is 0 Å². The maximum absolute atomic E-state index is 6.84. The molecule has 9 rings (SSSR count). The largest absolute Gasteiger partial charge is 0.366 e. The van der Waals surface area contributed by atoms with Crippen LogP contribution in [0, 0.1) is 0 Å². The summed E-state index contributed by atoms with van der Waals surface area (Å²) in [6.45, 7) is 4.72. The van der Waals surface area contributed by atoms with Gasteiger partial charge in [-0.1, -0.05) is 190 Å². The highest BCUT2D eigenvalue weighted by Gasteiger charge is 2.37. The molecular weight excluding hydrogens is 665 g/mol. The van der Waals surface area contributed by atoms with E-state index >= 15 is 0 Å². The molecule has 266 valence electrons. The second-order valence-corrected chi connectivity index (χ2v) is 15.2. The van der Waals surface area contributed by atoms with Crippen LogP contribution in [-0.4, -0.2) is 0 Å². The lowest BCUT2D eigenvalue weighted by atomic mass is 9.81. The quantitative estimate of drug-likeness (QED) is 0.147. The van der Waals surface area contributed by atoms with Gasteiger partial charge < -0.3 is 11.1 Å². The summed E-state index contributed by atoms with van der Waals surface area (Å²) in [6.07, 6.45) is 2.66. The summed E-state index contributed by atoms with van der Waals surface area (Å²) in [5.74, 6) is 0. The zero-order valence-corrected chi connectivity index (χ0v) is 31.3. The maximum atomic E-state index is 6.84. The first kappa shape index (κ1) is 34.3. The van der Waals surface area contributed by atoms with Crippen LogP contribution < -0.4 is 11.1 Å². The van der Waals surface area contributed by atoms with Crippen molar-refractivity contribution in [3.63, 3.8) is 0 Å². The van der Waals surface area contributed by atoms with Crippen molar-refractivity contribution >= 4 is 16.5 Å². The van der Waals surface area contributed by atoms with Gasteiger partial charge in [-0.2, -0.15) is 0 Å². The molecule has 8 aromatic rings. The molecule has 0 aromatic heterocycles. The third kappa shape index (κ3) is 6.67. The molecule has 1 unspecified atom stereocenters. The van der Waals surface area contributed by atoms with Gasteiger partial charge >= 0.3 is 0 Å². The summed E-state index contributed by atoms with van der Waals surface area (Å²) in [7, 11) is 0. The van der Waals surface area contributed by atoms with E-state index in [2.05, 4.69) is 195 Å². The van der Waals surface area contributed by atoms with E-state index in [4.69, 9.17) is 5.73 Å². The molecule has 0 bridgehead atoms. The minimum Gasteiger partial charge on any atom is -0.366 e. The minimum absolute atomic E-state index is 0.0871. The van der Waals surface area contributed by atoms with Gasteiger partial charge in [0.2, 0.25) is 0 Å². The van der Waals surface area contributed by atoms with Crippen molar-refractivity contribution in [3.05, 3.63) is 222 Å². The predicted octanol–water partition coefficient (Wildman–Crippen LogP) is 13.0. The maximum Gasteiger partial charge on any atom is 0.101 e. The summed E-state index contributed by atoms with van der Waals surface area (Å²) in [5, 5.41) is 6.26. The molecule has 0 amide bonds. The minimum atomic E-state index is -0.367. The van der Waals surface area contributed by atoms with Crippen LogP contribution in [0.15, 0.2) is 194 Å².